The van der Waals surface area contributed by atoms with Gasteiger partial charge in [-0.1, -0.05) is 23.9 Å². The lowest BCUT2D eigenvalue weighted by Crippen LogP contribution is -2.40. The van der Waals surface area contributed by atoms with Crippen LogP contribution in [0.25, 0.3) is 0 Å². The van der Waals surface area contributed by atoms with Crippen molar-refractivity contribution in [3.8, 4) is 0 Å². The first-order chi connectivity index (χ1) is 14.6. The molecule has 1 saturated heterocycles. The molecule has 1 N–H and O–H groups in total. The van der Waals surface area contributed by atoms with Crippen molar-refractivity contribution in [3.63, 3.8) is 0 Å². The number of aliphatic imine (C=N–C) groups is 1. The van der Waals surface area contributed by atoms with Gasteiger partial charge >= 0.3 is 0 Å². The van der Waals surface area contributed by atoms with E-state index in [1.807, 2.05) is 32.0 Å². The molecule has 1 amide bonds. The number of nitrogens with zero attached hydrogens (tertiary/aromatic N) is 2. The first-order valence-corrected chi connectivity index (χ1v) is 12.5. The average Bonchev–Trinajstić information content (AvgIpc) is 3.14. The van der Waals surface area contributed by atoms with Gasteiger partial charge in [-0.3, -0.25) is 9.79 Å². The van der Waals surface area contributed by atoms with Gasteiger partial charge in [0.1, 0.15) is 11.6 Å². The molecule has 2 aromatic rings. The number of amides is 1. The van der Waals surface area contributed by atoms with Gasteiger partial charge in [0.15, 0.2) is 15.0 Å². The highest BCUT2D eigenvalue weighted by molar-refractivity contribution is 8.14. The molecule has 0 radical (unpaired) electrons. The molecule has 10 heteroatoms. The third-order valence-corrected chi connectivity index (χ3v) is 7.94. The van der Waals surface area contributed by atoms with Crippen molar-refractivity contribution in [1.29, 1.82) is 0 Å². The van der Waals surface area contributed by atoms with E-state index >= 15 is 0 Å². The molecule has 2 heterocycles. The standard InChI is InChI=1S/C21H21F2N3O3S2/c1-12-3-4-13(2)16(7-12)24-20(27)9-30-21-25-17-10-31(28,29)11-19(17)26(21)18-6-5-14(22)8-15(18)23/h3-8,17,19H,9-11H2,1-2H3,(H,24,27)/t17-,19-/m0/s1. The largest absolute Gasteiger partial charge is 0.325 e. The number of rotatable bonds is 4. The summed E-state index contributed by atoms with van der Waals surface area (Å²) in [6, 6.07) is 7.76. The van der Waals surface area contributed by atoms with Gasteiger partial charge in [0.2, 0.25) is 5.91 Å². The minimum absolute atomic E-state index is 0.0116. The molecule has 2 atom stereocenters. The van der Waals surface area contributed by atoms with Crippen LogP contribution < -0.4 is 10.2 Å². The molecule has 0 aromatic heterocycles. The first-order valence-electron chi connectivity index (χ1n) is 9.65. The van der Waals surface area contributed by atoms with Crippen LogP contribution in [-0.4, -0.2) is 48.8 Å². The number of sulfone groups is 1. The Balaban J connectivity index is 1.54. The van der Waals surface area contributed by atoms with Crippen LogP contribution in [-0.2, 0) is 14.6 Å². The highest BCUT2D eigenvalue weighted by atomic mass is 32.2. The fourth-order valence-electron chi connectivity index (χ4n) is 3.78. The zero-order valence-corrected chi connectivity index (χ0v) is 18.6. The highest BCUT2D eigenvalue weighted by Crippen LogP contribution is 2.36. The van der Waals surface area contributed by atoms with Gasteiger partial charge < -0.3 is 10.2 Å². The maximum Gasteiger partial charge on any atom is 0.234 e. The molecule has 0 spiro atoms. The van der Waals surface area contributed by atoms with Crippen molar-refractivity contribution in [2.45, 2.75) is 25.9 Å². The summed E-state index contributed by atoms with van der Waals surface area (Å²) >= 11 is 1.10. The van der Waals surface area contributed by atoms with E-state index in [0.29, 0.717) is 10.9 Å². The van der Waals surface area contributed by atoms with Crippen LogP contribution in [0.15, 0.2) is 41.4 Å². The molecule has 0 bridgehead atoms. The predicted molar refractivity (Wildman–Crippen MR) is 120 cm³/mol. The van der Waals surface area contributed by atoms with E-state index in [-0.39, 0.29) is 28.9 Å². The molecule has 0 aliphatic carbocycles. The number of carbonyl (C=O) groups is 1. The molecule has 31 heavy (non-hydrogen) atoms. The van der Waals surface area contributed by atoms with Crippen LogP contribution in [0.4, 0.5) is 20.2 Å². The predicted octanol–water partition coefficient (Wildman–Crippen LogP) is 3.30. The lowest BCUT2D eigenvalue weighted by molar-refractivity contribution is -0.113. The fourth-order valence-corrected chi connectivity index (χ4v) is 6.54. The fraction of sp³-hybridized carbons (Fsp3) is 0.333. The molecule has 2 aliphatic rings. The Kier molecular flexibility index (Phi) is 5.78. The zero-order chi connectivity index (χ0) is 22.3. The van der Waals surface area contributed by atoms with E-state index in [1.165, 1.54) is 11.0 Å². The molecule has 2 aliphatic heterocycles. The van der Waals surface area contributed by atoms with Crippen LogP contribution in [0.3, 0.4) is 0 Å². The van der Waals surface area contributed by atoms with E-state index in [4.69, 9.17) is 0 Å². The number of carbonyl (C=O) groups excluding carboxylic acids is 1. The summed E-state index contributed by atoms with van der Waals surface area (Å²) in [6.07, 6.45) is 0. The first kappa shape index (κ1) is 21.8. The highest BCUT2D eigenvalue weighted by Gasteiger charge is 2.47. The maximum absolute atomic E-state index is 14.5. The summed E-state index contributed by atoms with van der Waals surface area (Å²) in [5.41, 5.74) is 2.70. The van der Waals surface area contributed by atoms with Gasteiger partial charge in [0, 0.05) is 11.8 Å². The minimum atomic E-state index is -3.31. The molecule has 4 rings (SSSR count). The molecule has 0 unspecified atom stereocenters. The number of fused-ring (bicyclic) bond motifs is 1. The Bertz CT molecular complexity index is 1180. The SMILES string of the molecule is Cc1ccc(C)c(NC(=O)CSC2=N[C@H]3CS(=O)(=O)C[C@@H]3N2c2ccc(F)cc2F)c1. The number of thioether (sulfide) groups is 1. The van der Waals surface area contributed by atoms with E-state index in [9.17, 15) is 22.0 Å². The van der Waals surface area contributed by atoms with Gasteiger partial charge in [-0.05, 0) is 43.2 Å². The zero-order valence-electron chi connectivity index (χ0n) is 16.9. The number of aryl methyl sites for hydroxylation is 2. The van der Waals surface area contributed by atoms with Crippen molar-refractivity contribution in [2.24, 2.45) is 4.99 Å². The molecule has 2 aromatic carbocycles. The van der Waals surface area contributed by atoms with Crippen LogP contribution in [0, 0.1) is 25.5 Å². The average molecular weight is 466 g/mol. The smallest absolute Gasteiger partial charge is 0.234 e. The number of nitrogens with one attached hydrogen (secondary N) is 1. The Morgan fingerprint density at radius 3 is 2.71 bits per heavy atom. The quantitative estimate of drug-likeness (QED) is 0.750. The number of benzene rings is 2. The molecular weight excluding hydrogens is 444 g/mol. The van der Waals surface area contributed by atoms with Gasteiger partial charge in [0.05, 0.1) is 35.0 Å². The number of hydrogen-bond acceptors (Lipinski definition) is 6. The molecule has 6 nitrogen and oxygen atoms in total. The Morgan fingerprint density at radius 2 is 1.97 bits per heavy atom. The maximum atomic E-state index is 14.5. The second-order valence-electron chi connectivity index (χ2n) is 7.74. The topological polar surface area (TPSA) is 78.8 Å². The van der Waals surface area contributed by atoms with Crippen molar-refractivity contribution in [2.75, 3.05) is 27.5 Å². The van der Waals surface area contributed by atoms with E-state index < -0.39 is 33.6 Å². The Morgan fingerprint density at radius 1 is 1.19 bits per heavy atom. The van der Waals surface area contributed by atoms with Crippen molar-refractivity contribution in [3.05, 3.63) is 59.2 Å². The van der Waals surface area contributed by atoms with Gasteiger partial charge in [-0.2, -0.15) is 0 Å². The van der Waals surface area contributed by atoms with E-state index in [0.717, 1.165) is 35.0 Å². The van der Waals surface area contributed by atoms with Crippen LogP contribution in [0.2, 0.25) is 0 Å². The van der Waals surface area contributed by atoms with Gasteiger partial charge in [-0.15, -0.1) is 0 Å². The normalized spacial score (nSPS) is 21.7. The molecule has 164 valence electrons. The van der Waals surface area contributed by atoms with Crippen LogP contribution in [0.5, 0.6) is 0 Å². The van der Waals surface area contributed by atoms with Crippen molar-refractivity contribution in [1.82, 2.24) is 0 Å². The molecular formula is C21H21F2N3O3S2. The molecule has 1 fully saturated rings. The summed E-state index contributed by atoms with van der Waals surface area (Å²) < 4.78 is 52.1. The third kappa shape index (κ3) is 4.59. The van der Waals surface area contributed by atoms with Gasteiger partial charge in [-0.25, -0.2) is 17.2 Å². The second kappa shape index (κ2) is 8.23. The second-order valence-corrected chi connectivity index (χ2v) is 10.8. The monoisotopic (exact) mass is 465 g/mol. The number of hydrogen-bond donors (Lipinski definition) is 1. The number of anilines is 2. The molecule has 0 saturated carbocycles. The van der Waals surface area contributed by atoms with E-state index in [1.54, 1.807) is 0 Å². The number of halogens is 2. The van der Waals surface area contributed by atoms with Crippen molar-refractivity contribution >= 4 is 44.0 Å². The summed E-state index contributed by atoms with van der Waals surface area (Å²) in [5.74, 6) is -2.08. The summed E-state index contributed by atoms with van der Waals surface area (Å²) in [5, 5.41) is 3.21. The number of amidine groups is 1. The van der Waals surface area contributed by atoms with Crippen LogP contribution in [0.1, 0.15) is 11.1 Å². The van der Waals surface area contributed by atoms with E-state index in [2.05, 4.69) is 10.3 Å². The summed E-state index contributed by atoms with van der Waals surface area (Å²) in [7, 11) is -3.31. The Labute approximate surface area is 183 Å². The minimum Gasteiger partial charge on any atom is -0.325 e. The Hall–Kier alpha value is -2.46. The lowest BCUT2D eigenvalue weighted by Gasteiger charge is -2.26. The summed E-state index contributed by atoms with van der Waals surface area (Å²) in [6.45, 7) is 3.82. The van der Waals surface area contributed by atoms with Crippen LogP contribution >= 0.6 is 11.8 Å². The van der Waals surface area contributed by atoms with Crippen molar-refractivity contribution < 1.29 is 22.0 Å². The lowest BCUT2D eigenvalue weighted by atomic mass is 10.1. The third-order valence-electron chi connectivity index (χ3n) is 5.28. The summed E-state index contributed by atoms with van der Waals surface area (Å²) in [4.78, 5) is 18.5. The van der Waals surface area contributed by atoms with Gasteiger partial charge in [0.25, 0.3) is 0 Å².